The van der Waals surface area contributed by atoms with E-state index in [1.807, 2.05) is 6.08 Å². The molecule has 1 N–H and O–H groups in total. The highest BCUT2D eigenvalue weighted by molar-refractivity contribution is 5.84. The third-order valence-corrected chi connectivity index (χ3v) is 5.10. The molecule has 0 spiro atoms. The quantitative estimate of drug-likeness (QED) is 0.927. The lowest BCUT2D eigenvalue weighted by molar-refractivity contribution is 0.0683. The van der Waals surface area contributed by atoms with Crippen LogP contribution in [0.4, 0.5) is 0 Å². The molecule has 2 bridgehead atoms. The molecule has 1 heterocycles. The second-order valence-corrected chi connectivity index (χ2v) is 6.52. The second kappa shape index (κ2) is 5.30. The molecule has 1 saturated carbocycles. The Morgan fingerprint density at radius 1 is 1.17 bits per heavy atom. The molecule has 4 heteroatoms. The van der Waals surface area contributed by atoms with Crippen molar-refractivity contribution in [3.05, 3.63) is 58.7 Å². The highest BCUT2D eigenvalue weighted by atomic mass is 16.4. The summed E-state index contributed by atoms with van der Waals surface area (Å²) in [4.78, 5) is 18.5. The minimum Gasteiger partial charge on any atom is -0.475 e. The van der Waals surface area contributed by atoms with Crippen molar-refractivity contribution in [1.82, 2.24) is 9.97 Å². The van der Waals surface area contributed by atoms with Crippen molar-refractivity contribution in [2.45, 2.75) is 38.0 Å². The van der Waals surface area contributed by atoms with E-state index < -0.39 is 5.97 Å². The first-order valence-corrected chi connectivity index (χ1v) is 7.99. The summed E-state index contributed by atoms with van der Waals surface area (Å²) in [5.74, 6) is 0.255. The molecule has 1 fully saturated rings. The summed E-state index contributed by atoms with van der Waals surface area (Å²) in [5.41, 5.74) is 6.26. The Bertz CT molecular complexity index is 809. The Morgan fingerprint density at radius 3 is 2.57 bits per heavy atom. The maximum Gasteiger partial charge on any atom is 0.373 e. The Labute approximate surface area is 134 Å². The van der Waals surface area contributed by atoms with E-state index in [-0.39, 0.29) is 5.82 Å². The second-order valence-electron chi connectivity index (χ2n) is 6.52. The van der Waals surface area contributed by atoms with Crippen molar-refractivity contribution in [1.29, 1.82) is 0 Å². The molecule has 0 amide bonds. The summed E-state index contributed by atoms with van der Waals surface area (Å²) < 4.78 is 0. The first-order valence-electron chi connectivity index (χ1n) is 7.99. The summed E-state index contributed by atoms with van der Waals surface area (Å²) in [6.07, 6.45) is 9.10. The molecule has 0 saturated heterocycles. The van der Waals surface area contributed by atoms with Crippen molar-refractivity contribution in [2.24, 2.45) is 0 Å². The van der Waals surface area contributed by atoms with Gasteiger partial charge in [0.1, 0.15) is 0 Å². The Hall–Kier alpha value is -2.49. The van der Waals surface area contributed by atoms with Crippen LogP contribution in [0.5, 0.6) is 0 Å². The zero-order valence-electron chi connectivity index (χ0n) is 13.0. The summed E-state index contributed by atoms with van der Waals surface area (Å²) in [7, 11) is 0. The maximum absolute atomic E-state index is 10.8. The first-order chi connectivity index (χ1) is 11.1. The Morgan fingerprint density at radius 2 is 1.87 bits per heavy atom. The molecule has 2 unspecified atom stereocenters. The standard InChI is InChI=1S/C19H18N2O2/c1-11(6-12-9-20-18(19(22)23)21-10-12)13-4-5-16-14-2-3-15(7-14)17(16)8-13/h4-6,8-10,14-15H,2-3,7H2,1H3,(H,22,23)/b11-6-. The van der Waals surface area contributed by atoms with E-state index in [1.165, 1.54) is 30.4 Å². The van der Waals surface area contributed by atoms with Gasteiger partial charge in [0.2, 0.25) is 5.82 Å². The molecule has 23 heavy (non-hydrogen) atoms. The summed E-state index contributed by atoms with van der Waals surface area (Å²) in [6, 6.07) is 6.81. The first kappa shape index (κ1) is 14.1. The van der Waals surface area contributed by atoms with E-state index in [1.54, 1.807) is 18.0 Å². The van der Waals surface area contributed by atoms with Gasteiger partial charge >= 0.3 is 5.97 Å². The van der Waals surface area contributed by atoms with Gasteiger partial charge < -0.3 is 5.11 Å². The smallest absolute Gasteiger partial charge is 0.373 e. The summed E-state index contributed by atoms with van der Waals surface area (Å²) in [6.45, 7) is 2.07. The topological polar surface area (TPSA) is 63.1 Å². The molecule has 1 aromatic heterocycles. The molecule has 2 aliphatic carbocycles. The van der Waals surface area contributed by atoms with Crippen LogP contribution in [0.25, 0.3) is 11.6 Å². The number of fused-ring (bicyclic) bond motifs is 5. The number of hydrogen-bond acceptors (Lipinski definition) is 3. The van der Waals surface area contributed by atoms with E-state index >= 15 is 0 Å². The van der Waals surface area contributed by atoms with Gasteiger partial charge in [-0.25, -0.2) is 14.8 Å². The molecule has 0 aliphatic heterocycles. The summed E-state index contributed by atoms with van der Waals surface area (Å²) in [5, 5.41) is 8.84. The van der Waals surface area contributed by atoms with Gasteiger partial charge in [0.05, 0.1) is 0 Å². The number of aromatic nitrogens is 2. The summed E-state index contributed by atoms with van der Waals surface area (Å²) >= 11 is 0. The number of carboxylic acids is 1. The van der Waals surface area contributed by atoms with Crippen LogP contribution >= 0.6 is 0 Å². The fraction of sp³-hybridized carbons (Fsp3) is 0.316. The van der Waals surface area contributed by atoms with Gasteiger partial charge in [0, 0.05) is 18.0 Å². The monoisotopic (exact) mass is 306 g/mol. The number of carboxylic acid groups (broad SMARTS) is 1. The maximum atomic E-state index is 10.8. The number of carbonyl (C=O) groups is 1. The van der Waals surface area contributed by atoms with Gasteiger partial charge in [0.25, 0.3) is 0 Å². The highest BCUT2D eigenvalue weighted by Crippen LogP contribution is 2.53. The van der Waals surface area contributed by atoms with Crippen LogP contribution in [-0.2, 0) is 0 Å². The number of allylic oxidation sites excluding steroid dienone is 1. The molecule has 2 aromatic rings. The number of benzene rings is 1. The fourth-order valence-corrected chi connectivity index (χ4v) is 3.95. The lowest BCUT2D eigenvalue weighted by Crippen LogP contribution is -2.03. The van der Waals surface area contributed by atoms with Gasteiger partial charge in [-0.1, -0.05) is 18.2 Å². The van der Waals surface area contributed by atoms with Gasteiger partial charge in [-0.15, -0.1) is 0 Å². The fourth-order valence-electron chi connectivity index (χ4n) is 3.95. The third kappa shape index (κ3) is 2.44. The van der Waals surface area contributed by atoms with Crippen molar-refractivity contribution < 1.29 is 9.90 Å². The van der Waals surface area contributed by atoms with E-state index in [0.29, 0.717) is 0 Å². The SMILES string of the molecule is C/C(=C/c1cnc(C(=O)O)nc1)c1ccc2c(c1)C1CCC2C1. The van der Waals surface area contributed by atoms with E-state index in [0.717, 1.165) is 23.0 Å². The zero-order chi connectivity index (χ0) is 16.0. The van der Waals surface area contributed by atoms with Crippen LogP contribution in [0, 0.1) is 0 Å². The number of rotatable bonds is 3. The van der Waals surface area contributed by atoms with Crippen LogP contribution in [0.1, 0.15) is 70.9 Å². The number of hydrogen-bond donors (Lipinski definition) is 1. The Balaban J connectivity index is 1.63. The van der Waals surface area contributed by atoms with E-state index in [9.17, 15) is 4.79 Å². The molecular formula is C19H18N2O2. The minimum atomic E-state index is -1.11. The number of nitrogens with zero attached hydrogens (tertiary/aromatic N) is 2. The minimum absolute atomic E-state index is 0.173. The average molecular weight is 306 g/mol. The van der Waals surface area contributed by atoms with Crippen molar-refractivity contribution >= 4 is 17.6 Å². The van der Waals surface area contributed by atoms with Gasteiger partial charge in [0.15, 0.2) is 0 Å². The van der Waals surface area contributed by atoms with Crippen molar-refractivity contribution in [3.8, 4) is 0 Å². The van der Waals surface area contributed by atoms with Gasteiger partial charge in [-0.05, 0) is 66.4 Å². The zero-order valence-corrected chi connectivity index (χ0v) is 13.0. The normalized spacial score (nSPS) is 22.2. The molecule has 2 aliphatic rings. The largest absolute Gasteiger partial charge is 0.475 e. The molecule has 116 valence electrons. The molecule has 0 radical (unpaired) electrons. The molecule has 4 nitrogen and oxygen atoms in total. The molecule has 4 rings (SSSR count). The Kier molecular flexibility index (Phi) is 3.26. The van der Waals surface area contributed by atoms with Gasteiger partial charge in [-0.3, -0.25) is 0 Å². The molecule has 2 atom stereocenters. The van der Waals surface area contributed by atoms with E-state index in [2.05, 4.69) is 35.1 Å². The van der Waals surface area contributed by atoms with Crippen LogP contribution < -0.4 is 0 Å². The lowest BCUT2D eigenvalue weighted by Gasteiger charge is -2.16. The third-order valence-electron chi connectivity index (χ3n) is 5.10. The van der Waals surface area contributed by atoms with Crippen LogP contribution in [0.3, 0.4) is 0 Å². The van der Waals surface area contributed by atoms with E-state index in [4.69, 9.17) is 5.11 Å². The molecule has 1 aromatic carbocycles. The number of aromatic carboxylic acids is 1. The predicted octanol–water partition coefficient (Wildman–Crippen LogP) is 4.10. The van der Waals surface area contributed by atoms with Crippen molar-refractivity contribution in [2.75, 3.05) is 0 Å². The van der Waals surface area contributed by atoms with Crippen molar-refractivity contribution in [3.63, 3.8) is 0 Å². The highest BCUT2D eigenvalue weighted by Gasteiger charge is 2.36. The lowest BCUT2D eigenvalue weighted by atomic mass is 9.89. The van der Waals surface area contributed by atoms with Crippen LogP contribution in [-0.4, -0.2) is 21.0 Å². The molecular weight excluding hydrogens is 288 g/mol. The van der Waals surface area contributed by atoms with Gasteiger partial charge in [-0.2, -0.15) is 0 Å². The van der Waals surface area contributed by atoms with Crippen LogP contribution in [0.2, 0.25) is 0 Å². The van der Waals surface area contributed by atoms with Crippen LogP contribution in [0.15, 0.2) is 30.6 Å². The predicted molar refractivity (Wildman–Crippen MR) is 88.3 cm³/mol. The average Bonchev–Trinajstić information content (AvgIpc) is 3.17.